The molecule has 2 atom stereocenters. The van der Waals surface area contributed by atoms with Crippen molar-refractivity contribution < 1.29 is 36.8 Å². The standard InChI is InChI=1S/C43H41Cl2N3O8S/c1-46-14-12-25-18-35(51-2)38-22-30(25)33(46)16-24-6-9-29(10-7-24)55-37-20-27-17-34-41-26(19-39(53-4)42(54-5)43(41)56-38)13-15-47(34)48(32(27)23-36(37)52-3)57(49,50)40-11-8-28(44)21-31(40)45/h6-11,18-23,33-34H,12-17H2,1-5H3/t33-,34-/m0/s1. The number of ether oxygens (including phenoxy) is 6. The Labute approximate surface area is 342 Å². The first-order valence-electron chi connectivity index (χ1n) is 18.6. The number of benzene rings is 5. The van der Waals surface area contributed by atoms with E-state index in [1.807, 2.05) is 29.3 Å². The monoisotopic (exact) mass is 829 g/mol. The Morgan fingerprint density at radius 2 is 1.40 bits per heavy atom. The van der Waals surface area contributed by atoms with Crippen LogP contribution in [0.5, 0.6) is 46.0 Å². The van der Waals surface area contributed by atoms with Gasteiger partial charge in [-0.25, -0.2) is 0 Å². The van der Waals surface area contributed by atoms with Gasteiger partial charge < -0.3 is 28.4 Å². The van der Waals surface area contributed by atoms with Gasteiger partial charge in [-0.2, -0.15) is 17.8 Å². The van der Waals surface area contributed by atoms with E-state index in [1.54, 1.807) is 27.4 Å². The first kappa shape index (κ1) is 37.7. The highest BCUT2D eigenvalue weighted by atomic mass is 35.5. The molecule has 0 aromatic heterocycles. The summed E-state index contributed by atoms with van der Waals surface area (Å²) in [7, 11) is 4.11. The summed E-state index contributed by atoms with van der Waals surface area (Å²) >= 11 is 12.9. The number of hydrogen-bond donors (Lipinski definition) is 0. The zero-order valence-electron chi connectivity index (χ0n) is 32.1. The Kier molecular flexibility index (Phi) is 9.60. The lowest BCUT2D eigenvalue weighted by Crippen LogP contribution is -2.54. The third-order valence-corrected chi connectivity index (χ3v) is 13.9. The zero-order chi connectivity index (χ0) is 39.7. The number of nitrogens with zero attached hydrogens (tertiary/aromatic N) is 3. The maximum absolute atomic E-state index is 15.1. The van der Waals surface area contributed by atoms with Gasteiger partial charge in [-0.1, -0.05) is 35.3 Å². The minimum atomic E-state index is -4.37. The molecule has 5 aromatic rings. The second-order valence-electron chi connectivity index (χ2n) is 14.6. The second-order valence-corrected chi connectivity index (χ2v) is 17.2. The number of halogens is 2. The van der Waals surface area contributed by atoms with Crippen molar-refractivity contribution in [2.75, 3.05) is 53.0 Å². The van der Waals surface area contributed by atoms with Gasteiger partial charge >= 0.3 is 0 Å². The van der Waals surface area contributed by atoms with Crippen molar-refractivity contribution in [3.63, 3.8) is 0 Å². The van der Waals surface area contributed by atoms with Crippen LogP contribution >= 0.6 is 23.2 Å². The average molecular weight is 831 g/mol. The lowest BCUT2D eigenvalue weighted by atomic mass is 9.86. The van der Waals surface area contributed by atoms with Crippen LogP contribution in [0, 0.1) is 0 Å². The molecular weight excluding hydrogens is 789 g/mol. The molecule has 0 saturated heterocycles. The van der Waals surface area contributed by atoms with E-state index in [0.29, 0.717) is 81.7 Å². The number of rotatable bonds is 6. The maximum Gasteiger partial charge on any atom is 0.279 e. The van der Waals surface area contributed by atoms with Gasteiger partial charge in [0.1, 0.15) is 10.6 Å². The molecule has 57 heavy (non-hydrogen) atoms. The fourth-order valence-corrected chi connectivity index (χ4v) is 11.1. The molecule has 5 heterocycles. The second kappa shape index (κ2) is 14.5. The fourth-order valence-electron chi connectivity index (χ4n) is 8.72. The van der Waals surface area contributed by atoms with Crippen LogP contribution in [-0.2, 0) is 35.7 Å². The van der Waals surface area contributed by atoms with E-state index < -0.39 is 16.1 Å². The summed E-state index contributed by atoms with van der Waals surface area (Å²) in [5.74, 6) is 3.78. The lowest BCUT2D eigenvalue weighted by Gasteiger charge is -2.48. The Hall–Kier alpha value is -4.85. The van der Waals surface area contributed by atoms with Crippen LogP contribution in [0.25, 0.3) is 0 Å². The molecule has 0 fully saturated rings. The van der Waals surface area contributed by atoms with Crippen LogP contribution in [0.15, 0.2) is 77.7 Å². The minimum absolute atomic E-state index is 0.000676. The van der Waals surface area contributed by atoms with Crippen molar-refractivity contribution in [1.82, 2.24) is 9.91 Å². The Morgan fingerprint density at radius 1 is 0.702 bits per heavy atom. The molecule has 5 aliphatic heterocycles. The van der Waals surface area contributed by atoms with E-state index in [2.05, 4.69) is 36.2 Å². The summed E-state index contributed by atoms with van der Waals surface area (Å²) in [6, 6.07) is 21.6. The highest BCUT2D eigenvalue weighted by Gasteiger charge is 2.46. The van der Waals surface area contributed by atoms with Crippen molar-refractivity contribution in [2.45, 2.75) is 42.7 Å². The predicted octanol–water partition coefficient (Wildman–Crippen LogP) is 8.96. The number of fused-ring (bicyclic) bond motifs is 2. The lowest BCUT2D eigenvalue weighted by molar-refractivity contribution is 0.178. The summed E-state index contributed by atoms with van der Waals surface area (Å²) in [5, 5.41) is 2.17. The fraction of sp³-hybridized carbons (Fsp3) is 0.302. The molecule has 0 saturated carbocycles. The third kappa shape index (κ3) is 6.29. The van der Waals surface area contributed by atoms with E-state index in [-0.39, 0.29) is 16.0 Å². The highest BCUT2D eigenvalue weighted by Crippen LogP contribution is 2.55. The van der Waals surface area contributed by atoms with Crippen LogP contribution in [-0.4, -0.2) is 66.9 Å². The van der Waals surface area contributed by atoms with Gasteiger partial charge in [-0.15, -0.1) is 0 Å². The number of sulfonamides is 1. The van der Waals surface area contributed by atoms with Crippen molar-refractivity contribution in [3.8, 4) is 46.0 Å². The normalized spacial score (nSPS) is 18.6. The maximum atomic E-state index is 15.1. The zero-order valence-corrected chi connectivity index (χ0v) is 34.4. The Bertz CT molecular complexity index is 2530. The molecule has 0 spiro atoms. The molecule has 7 bridgehead atoms. The predicted molar refractivity (Wildman–Crippen MR) is 218 cm³/mol. The van der Waals surface area contributed by atoms with Gasteiger partial charge in [0, 0.05) is 35.8 Å². The highest BCUT2D eigenvalue weighted by molar-refractivity contribution is 7.92. The molecule has 5 aliphatic rings. The largest absolute Gasteiger partial charge is 0.493 e. The number of methoxy groups -OCH3 is 4. The summed E-state index contributed by atoms with van der Waals surface area (Å²) in [6.07, 6.45) is 2.45. The van der Waals surface area contributed by atoms with Gasteiger partial charge in [0.25, 0.3) is 10.0 Å². The molecular formula is C43H41Cl2N3O8S. The van der Waals surface area contributed by atoms with Gasteiger partial charge in [-0.3, -0.25) is 4.90 Å². The average Bonchev–Trinajstić information content (AvgIpc) is 3.20. The van der Waals surface area contributed by atoms with Crippen molar-refractivity contribution >= 4 is 38.9 Å². The van der Waals surface area contributed by atoms with Gasteiger partial charge in [0.05, 0.1) is 45.2 Å². The first-order valence-corrected chi connectivity index (χ1v) is 20.8. The topological polar surface area (TPSA) is 99.2 Å². The minimum Gasteiger partial charge on any atom is -0.493 e. The SMILES string of the molecule is COc1cc2c3cc1Oc1ccc(cc1)C[C@H]1c4cc(c(OC)cc4CCN1C)Oc1c(OC)c(OC)cc4c1[C@H](C3)N(CC4)N2S(=O)(=O)c1ccc(Cl)cc1Cl. The van der Waals surface area contributed by atoms with E-state index in [0.717, 1.165) is 41.6 Å². The quantitative estimate of drug-likeness (QED) is 0.165. The van der Waals surface area contributed by atoms with Crippen molar-refractivity contribution in [2.24, 2.45) is 0 Å². The molecule has 14 heteroatoms. The number of likely N-dealkylation sites (N-methyl/N-ethyl adjacent to an activating group) is 1. The van der Waals surface area contributed by atoms with Crippen LogP contribution in [0.2, 0.25) is 10.0 Å². The van der Waals surface area contributed by atoms with Gasteiger partial charge in [0.2, 0.25) is 5.75 Å². The molecule has 0 N–H and O–H groups in total. The van der Waals surface area contributed by atoms with Gasteiger partial charge in [-0.05, 0) is 115 Å². The van der Waals surface area contributed by atoms with E-state index in [1.165, 1.54) is 35.3 Å². The van der Waals surface area contributed by atoms with E-state index in [4.69, 9.17) is 51.6 Å². The summed E-state index contributed by atoms with van der Waals surface area (Å²) in [5.41, 5.74) is 6.26. The molecule has 5 aromatic carbocycles. The Balaban J connectivity index is 1.33. The smallest absolute Gasteiger partial charge is 0.279 e. The number of hydrazine groups is 1. The number of anilines is 1. The molecule has 296 valence electrons. The van der Waals surface area contributed by atoms with Crippen LogP contribution in [0.4, 0.5) is 5.69 Å². The van der Waals surface area contributed by atoms with Crippen molar-refractivity contribution in [1.29, 1.82) is 0 Å². The summed E-state index contributed by atoms with van der Waals surface area (Å²) in [4.78, 5) is 2.27. The van der Waals surface area contributed by atoms with Crippen molar-refractivity contribution in [3.05, 3.63) is 116 Å². The molecule has 0 amide bonds. The molecule has 0 radical (unpaired) electrons. The van der Waals surface area contributed by atoms with E-state index in [9.17, 15) is 0 Å². The number of hydrogen-bond acceptors (Lipinski definition) is 10. The first-order chi connectivity index (χ1) is 27.5. The van der Waals surface area contributed by atoms with Gasteiger partial charge in [0.15, 0.2) is 34.5 Å². The van der Waals surface area contributed by atoms with E-state index >= 15 is 8.42 Å². The van der Waals surface area contributed by atoms with Crippen LogP contribution in [0.1, 0.15) is 45.5 Å². The summed E-state index contributed by atoms with van der Waals surface area (Å²) in [6.45, 7) is 1.22. The van der Waals surface area contributed by atoms with Crippen LogP contribution < -0.4 is 32.8 Å². The van der Waals surface area contributed by atoms with Crippen LogP contribution in [0.3, 0.4) is 0 Å². The third-order valence-electron chi connectivity index (χ3n) is 11.5. The Morgan fingerprint density at radius 3 is 2.12 bits per heavy atom. The summed E-state index contributed by atoms with van der Waals surface area (Å²) < 4.78 is 69.0. The molecule has 0 unspecified atom stereocenters. The molecule has 11 nitrogen and oxygen atoms in total. The molecule has 10 rings (SSSR count). The molecule has 0 aliphatic carbocycles.